The van der Waals surface area contributed by atoms with Crippen LogP contribution >= 0.6 is 15.9 Å². The lowest BCUT2D eigenvalue weighted by atomic mass is 10.0. The molecule has 0 amide bonds. The topological polar surface area (TPSA) is 62.5 Å². The van der Waals surface area contributed by atoms with Crippen LogP contribution in [0.25, 0.3) is 0 Å². The van der Waals surface area contributed by atoms with Crippen molar-refractivity contribution >= 4 is 15.9 Å². The molecule has 19 heavy (non-hydrogen) atoms. The smallest absolute Gasteiger partial charge is 0.175 e. The number of hydrogen-bond acceptors (Lipinski definition) is 4. The summed E-state index contributed by atoms with van der Waals surface area (Å²) in [4.78, 5) is 0. The molecule has 1 atom stereocenters. The minimum atomic E-state index is -1.07. The molecule has 100 valence electrons. The Morgan fingerprint density at radius 2 is 2.32 bits per heavy atom. The van der Waals surface area contributed by atoms with Gasteiger partial charge in [0.05, 0.1) is 23.2 Å². The van der Waals surface area contributed by atoms with Gasteiger partial charge in [0.25, 0.3) is 0 Å². The largest absolute Gasteiger partial charge is 0.493 e. The van der Waals surface area contributed by atoms with Crippen molar-refractivity contribution in [3.05, 3.63) is 47.0 Å². The maximum Gasteiger partial charge on any atom is 0.175 e. The van der Waals surface area contributed by atoms with Crippen LogP contribution < -0.4 is 9.47 Å². The minimum absolute atomic E-state index is 0.0636. The molecule has 0 heterocycles. The van der Waals surface area contributed by atoms with Gasteiger partial charge in [0.2, 0.25) is 0 Å². The Hall–Kier alpha value is -1.77. The van der Waals surface area contributed by atoms with Crippen molar-refractivity contribution in [1.82, 2.24) is 0 Å². The molecule has 5 heteroatoms. The second-order valence-electron chi connectivity index (χ2n) is 3.67. The van der Waals surface area contributed by atoms with E-state index in [2.05, 4.69) is 29.1 Å². The lowest BCUT2D eigenvalue weighted by Gasteiger charge is -2.15. The van der Waals surface area contributed by atoms with E-state index in [-0.39, 0.29) is 5.57 Å². The zero-order valence-corrected chi connectivity index (χ0v) is 12.1. The fourth-order valence-electron chi connectivity index (χ4n) is 1.44. The van der Waals surface area contributed by atoms with Crippen LogP contribution in [0.5, 0.6) is 11.5 Å². The summed E-state index contributed by atoms with van der Waals surface area (Å²) in [5.74, 6) is 0.969. The van der Waals surface area contributed by atoms with Gasteiger partial charge in [0.1, 0.15) is 12.7 Å². The molecule has 1 rings (SSSR count). The third-order valence-corrected chi connectivity index (χ3v) is 2.98. The molecule has 0 aliphatic carbocycles. The molecule has 0 spiro atoms. The van der Waals surface area contributed by atoms with Crippen LogP contribution in [0.1, 0.15) is 11.7 Å². The number of hydrogen-bond donors (Lipinski definition) is 1. The summed E-state index contributed by atoms with van der Waals surface area (Å²) in [6.45, 7) is 7.40. The molecule has 0 bridgehead atoms. The van der Waals surface area contributed by atoms with Crippen LogP contribution in [-0.4, -0.2) is 18.8 Å². The van der Waals surface area contributed by atoms with Crippen LogP contribution in [-0.2, 0) is 0 Å². The summed E-state index contributed by atoms with van der Waals surface area (Å²) in [6, 6.07) is 5.09. The van der Waals surface area contributed by atoms with Gasteiger partial charge < -0.3 is 14.6 Å². The number of benzene rings is 1. The van der Waals surface area contributed by atoms with Crippen molar-refractivity contribution in [1.29, 1.82) is 5.26 Å². The standard InChI is InChI=1S/C14H14BrNO3/c1-4-5-19-14-11(15)6-10(7-12(14)18-3)13(17)9(2)8-16/h4,6-7,13,17H,1-2,5H2,3H3. The molecule has 0 saturated carbocycles. The van der Waals surface area contributed by atoms with E-state index in [0.717, 1.165) is 0 Å². The molecule has 0 aliphatic rings. The minimum Gasteiger partial charge on any atom is -0.493 e. The number of aliphatic hydroxyl groups is 1. The van der Waals surface area contributed by atoms with Crippen molar-refractivity contribution in [2.24, 2.45) is 0 Å². The number of nitrogens with zero attached hydrogens (tertiary/aromatic N) is 1. The molecular formula is C14H14BrNO3. The van der Waals surface area contributed by atoms with Crippen molar-refractivity contribution in [3.8, 4) is 17.6 Å². The lowest BCUT2D eigenvalue weighted by Crippen LogP contribution is -2.03. The number of rotatable bonds is 6. The number of aliphatic hydroxyl groups excluding tert-OH is 1. The molecular weight excluding hydrogens is 310 g/mol. The molecule has 1 N–H and O–H groups in total. The molecule has 0 aromatic heterocycles. The van der Waals surface area contributed by atoms with E-state index in [1.54, 1.807) is 18.2 Å². The zero-order valence-electron chi connectivity index (χ0n) is 10.5. The van der Waals surface area contributed by atoms with Gasteiger partial charge in [-0.05, 0) is 33.6 Å². The van der Waals surface area contributed by atoms with E-state index in [1.807, 2.05) is 6.07 Å². The molecule has 0 aliphatic heterocycles. The van der Waals surface area contributed by atoms with Gasteiger partial charge in [-0.3, -0.25) is 0 Å². The number of ether oxygens (including phenoxy) is 2. The third-order valence-electron chi connectivity index (χ3n) is 2.39. The van der Waals surface area contributed by atoms with Gasteiger partial charge in [0.15, 0.2) is 11.5 Å². The predicted octanol–water partition coefficient (Wildman–Crippen LogP) is 3.14. The van der Waals surface area contributed by atoms with Crippen molar-refractivity contribution in [2.75, 3.05) is 13.7 Å². The van der Waals surface area contributed by atoms with Crippen molar-refractivity contribution in [3.63, 3.8) is 0 Å². The summed E-state index contributed by atoms with van der Waals surface area (Å²) in [6.07, 6.45) is 0.551. The zero-order chi connectivity index (χ0) is 14.4. The quantitative estimate of drug-likeness (QED) is 0.645. The average molecular weight is 324 g/mol. The van der Waals surface area contributed by atoms with Gasteiger partial charge in [-0.25, -0.2) is 0 Å². The second-order valence-corrected chi connectivity index (χ2v) is 4.53. The summed E-state index contributed by atoms with van der Waals surface area (Å²) >= 11 is 3.35. The molecule has 0 radical (unpaired) electrons. The summed E-state index contributed by atoms with van der Waals surface area (Å²) in [5.41, 5.74) is 0.565. The van der Waals surface area contributed by atoms with E-state index in [0.29, 0.717) is 28.1 Å². The van der Waals surface area contributed by atoms with Gasteiger partial charge in [-0.1, -0.05) is 19.2 Å². The highest BCUT2D eigenvalue weighted by Crippen LogP contribution is 2.39. The van der Waals surface area contributed by atoms with Gasteiger partial charge >= 0.3 is 0 Å². The molecule has 1 aromatic carbocycles. The van der Waals surface area contributed by atoms with Crippen LogP contribution in [0.4, 0.5) is 0 Å². The maximum absolute atomic E-state index is 9.94. The van der Waals surface area contributed by atoms with Gasteiger partial charge in [-0.2, -0.15) is 5.26 Å². The first-order chi connectivity index (χ1) is 9.04. The van der Waals surface area contributed by atoms with E-state index in [1.165, 1.54) is 7.11 Å². The first-order valence-corrected chi connectivity index (χ1v) is 6.22. The van der Waals surface area contributed by atoms with Gasteiger partial charge in [0, 0.05) is 0 Å². The number of halogens is 1. The van der Waals surface area contributed by atoms with Gasteiger partial charge in [-0.15, -0.1) is 0 Å². The Bertz CT molecular complexity index is 534. The van der Waals surface area contributed by atoms with E-state index >= 15 is 0 Å². The predicted molar refractivity (Wildman–Crippen MR) is 76.1 cm³/mol. The normalized spacial score (nSPS) is 11.3. The Kier molecular flexibility index (Phi) is 5.61. The highest BCUT2D eigenvalue weighted by molar-refractivity contribution is 9.10. The fourth-order valence-corrected chi connectivity index (χ4v) is 2.02. The lowest BCUT2D eigenvalue weighted by molar-refractivity contribution is 0.220. The van der Waals surface area contributed by atoms with E-state index in [9.17, 15) is 5.11 Å². The third kappa shape index (κ3) is 3.60. The number of methoxy groups -OCH3 is 1. The fraction of sp³-hybridized carbons (Fsp3) is 0.214. The van der Waals surface area contributed by atoms with Crippen molar-refractivity contribution in [2.45, 2.75) is 6.10 Å². The first kappa shape index (κ1) is 15.3. The number of nitriles is 1. The van der Waals surface area contributed by atoms with Crippen LogP contribution in [0, 0.1) is 11.3 Å². The summed E-state index contributed by atoms with van der Waals surface area (Å²) in [5, 5.41) is 18.7. The van der Waals surface area contributed by atoms with E-state index in [4.69, 9.17) is 14.7 Å². The summed E-state index contributed by atoms with van der Waals surface area (Å²) < 4.78 is 11.3. The van der Waals surface area contributed by atoms with Crippen LogP contribution in [0.2, 0.25) is 0 Å². The maximum atomic E-state index is 9.94. The Morgan fingerprint density at radius 1 is 1.63 bits per heavy atom. The highest BCUT2D eigenvalue weighted by Gasteiger charge is 2.17. The molecule has 0 fully saturated rings. The van der Waals surface area contributed by atoms with Crippen LogP contribution in [0.15, 0.2) is 41.4 Å². The monoisotopic (exact) mass is 323 g/mol. The van der Waals surface area contributed by atoms with Crippen LogP contribution in [0.3, 0.4) is 0 Å². The highest BCUT2D eigenvalue weighted by atomic mass is 79.9. The summed E-state index contributed by atoms with van der Waals surface area (Å²) in [7, 11) is 1.50. The molecule has 0 saturated heterocycles. The Labute approximate surface area is 120 Å². The molecule has 1 unspecified atom stereocenters. The molecule has 1 aromatic rings. The molecule has 4 nitrogen and oxygen atoms in total. The Balaban J connectivity index is 3.19. The average Bonchev–Trinajstić information content (AvgIpc) is 2.43. The van der Waals surface area contributed by atoms with Crippen molar-refractivity contribution < 1.29 is 14.6 Å². The Morgan fingerprint density at radius 3 is 2.84 bits per heavy atom. The second kappa shape index (κ2) is 6.98. The SMILES string of the molecule is C=CCOc1c(Br)cc(C(O)C(=C)C#N)cc1OC. The first-order valence-electron chi connectivity index (χ1n) is 5.43. The van der Waals surface area contributed by atoms with E-state index < -0.39 is 6.10 Å².